The fourth-order valence-electron chi connectivity index (χ4n) is 2.30. The summed E-state index contributed by atoms with van der Waals surface area (Å²) in [7, 11) is 5.53. The molecule has 136 valence electrons. The van der Waals surface area contributed by atoms with Gasteiger partial charge in [-0.1, -0.05) is 42.5 Å². The van der Waals surface area contributed by atoms with Gasteiger partial charge in [0.2, 0.25) is 0 Å². The third-order valence-corrected chi connectivity index (χ3v) is 3.65. The third kappa shape index (κ3) is 6.99. The van der Waals surface area contributed by atoms with Crippen LogP contribution in [0.2, 0.25) is 0 Å². The van der Waals surface area contributed by atoms with Crippen LogP contribution in [0.4, 0.5) is 4.39 Å². The maximum Gasteiger partial charge on any atom is 0.193 e. The van der Waals surface area contributed by atoms with Gasteiger partial charge in [-0.2, -0.15) is 0 Å². The smallest absolute Gasteiger partial charge is 0.193 e. The summed E-state index contributed by atoms with van der Waals surface area (Å²) in [4.78, 5) is 6.55. The Kier molecular flexibility index (Phi) is 9.44. The summed E-state index contributed by atoms with van der Waals surface area (Å²) in [5.74, 6) is 0.531. The maximum atomic E-state index is 13.1. The lowest BCUT2D eigenvalue weighted by Crippen LogP contribution is -2.39. The summed E-state index contributed by atoms with van der Waals surface area (Å²) in [6, 6.07) is 16.5. The number of rotatable bonds is 6. The minimum Gasteiger partial charge on any atom is -0.375 e. The standard InChI is InChI=1S/C19H24FN3O.HI/c1-23(2)19(21-13-15-7-5-4-6-8-15)22-14-18(24-3)16-9-11-17(20)12-10-16;/h4-12,18H,13-14H2,1-3H3,(H,21,22);1H. The van der Waals surface area contributed by atoms with Crippen LogP contribution in [-0.4, -0.2) is 38.6 Å². The molecular formula is C19H25FIN3O. The van der Waals surface area contributed by atoms with Crippen LogP contribution in [0.5, 0.6) is 0 Å². The highest BCUT2D eigenvalue weighted by Crippen LogP contribution is 2.16. The molecule has 0 saturated heterocycles. The van der Waals surface area contributed by atoms with Crippen molar-refractivity contribution in [2.75, 3.05) is 27.7 Å². The molecule has 0 aromatic heterocycles. The Morgan fingerprint density at radius 3 is 2.32 bits per heavy atom. The minimum absolute atomic E-state index is 0. The highest BCUT2D eigenvalue weighted by Gasteiger charge is 2.12. The number of nitrogens with zero attached hydrogens (tertiary/aromatic N) is 2. The molecule has 0 spiro atoms. The third-order valence-electron chi connectivity index (χ3n) is 3.65. The molecule has 2 aromatic rings. The Hall–Kier alpha value is -1.67. The van der Waals surface area contributed by atoms with Crippen LogP contribution in [-0.2, 0) is 11.3 Å². The second kappa shape index (κ2) is 11.0. The van der Waals surface area contributed by atoms with Crippen LogP contribution >= 0.6 is 24.0 Å². The van der Waals surface area contributed by atoms with Gasteiger partial charge in [0.05, 0.1) is 12.6 Å². The molecular weight excluding hydrogens is 432 g/mol. The van der Waals surface area contributed by atoms with Crippen LogP contribution < -0.4 is 5.32 Å². The van der Waals surface area contributed by atoms with Crippen LogP contribution in [0.3, 0.4) is 0 Å². The van der Waals surface area contributed by atoms with Gasteiger partial charge in [-0.05, 0) is 23.3 Å². The van der Waals surface area contributed by atoms with Gasteiger partial charge in [-0.15, -0.1) is 24.0 Å². The number of methoxy groups -OCH3 is 1. The Morgan fingerprint density at radius 2 is 1.76 bits per heavy atom. The van der Waals surface area contributed by atoms with E-state index in [4.69, 9.17) is 4.74 Å². The van der Waals surface area contributed by atoms with Gasteiger partial charge in [0.25, 0.3) is 0 Å². The quantitative estimate of drug-likeness (QED) is 0.407. The van der Waals surface area contributed by atoms with Gasteiger partial charge in [0, 0.05) is 27.7 Å². The molecule has 0 radical (unpaired) electrons. The number of benzene rings is 2. The summed E-state index contributed by atoms with van der Waals surface area (Å²) < 4.78 is 18.6. The average Bonchev–Trinajstić information content (AvgIpc) is 2.60. The summed E-state index contributed by atoms with van der Waals surface area (Å²) in [6.07, 6.45) is -0.174. The molecule has 1 N–H and O–H groups in total. The summed E-state index contributed by atoms with van der Waals surface area (Å²) in [6.45, 7) is 1.16. The first-order valence-electron chi connectivity index (χ1n) is 7.88. The molecule has 0 aliphatic rings. The highest BCUT2D eigenvalue weighted by molar-refractivity contribution is 14.0. The lowest BCUT2D eigenvalue weighted by molar-refractivity contribution is 0.106. The van der Waals surface area contributed by atoms with Crippen molar-refractivity contribution < 1.29 is 9.13 Å². The summed E-state index contributed by atoms with van der Waals surface area (Å²) in [5.41, 5.74) is 2.08. The van der Waals surface area contributed by atoms with E-state index in [1.54, 1.807) is 19.2 Å². The molecule has 0 fully saturated rings. The van der Waals surface area contributed by atoms with Crippen molar-refractivity contribution in [2.45, 2.75) is 12.6 Å². The molecule has 0 heterocycles. The van der Waals surface area contributed by atoms with Gasteiger partial charge < -0.3 is 15.0 Å². The number of aliphatic imine (C=N–C) groups is 1. The minimum atomic E-state index is -0.250. The number of halogens is 2. The fraction of sp³-hybridized carbons (Fsp3) is 0.316. The van der Waals surface area contributed by atoms with E-state index in [1.165, 1.54) is 12.1 Å². The first-order chi connectivity index (χ1) is 11.6. The van der Waals surface area contributed by atoms with E-state index in [0.717, 1.165) is 17.1 Å². The van der Waals surface area contributed by atoms with Crippen molar-refractivity contribution >= 4 is 29.9 Å². The monoisotopic (exact) mass is 457 g/mol. The Labute approximate surface area is 166 Å². The SMILES string of the molecule is COC(CNC(=NCc1ccccc1)N(C)C)c1ccc(F)cc1.I. The number of nitrogens with one attached hydrogen (secondary N) is 1. The predicted octanol–water partition coefficient (Wildman–Crippen LogP) is 3.84. The summed E-state index contributed by atoms with van der Waals surface area (Å²) >= 11 is 0. The topological polar surface area (TPSA) is 36.9 Å². The van der Waals surface area contributed by atoms with Crippen LogP contribution in [0.25, 0.3) is 0 Å². The lowest BCUT2D eigenvalue weighted by atomic mass is 10.1. The second-order valence-corrected chi connectivity index (χ2v) is 5.68. The second-order valence-electron chi connectivity index (χ2n) is 5.68. The van der Waals surface area contributed by atoms with E-state index in [9.17, 15) is 4.39 Å². The number of ether oxygens (including phenoxy) is 1. The zero-order valence-electron chi connectivity index (χ0n) is 14.8. The first kappa shape index (κ1) is 21.4. The Bertz CT molecular complexity index is 647. The molecule has 0 bridgehead atoms. The molecule has 4 nitrogen and oxygen atoms in total. The van der Waals surface area contributed by atoms with Crippen molar-refractivity contribution in [1.82, 2.24) is 10.2 Å². The molecule has 1 unspecified atom stereocenters. The normalized spacial score (nSPS) is 12.2. The number of hydrogen-bond acceptors (Lipinski definition) is 2. The van der Waals surface area contributed by atoms with Gasteiger partial charge in [0.1, 0.15) is 5.82 Å². The molecule has 1 atom stereocenters. The molecule has 2 aromatic carbocycles. The Morgan fingerprint density at radius 1 is 1.12 bits per heavy atom. The van der Waals surface area contributed by atoms with Gasteiger partial charge in [-0.3, -0.25) is 0 Å². The largest absolute Gasteiger partial charge is 0.375 e. The van der Waals surface area contributed by atoms with Gasteiger partial charge >= 0.3 is 0 Å². The maximum absolute atomic E-state index is 13.1. The molecule has 25 heavy (non-hydrogen) atoms. The molecule has 0 aliphatic heterocycles. The number of hydrogen-bond donors (Lipinski definition) is 1. The molecule has 0 amide bonds. The van der Waals surface area contributed by atoms with E-state index in [0.29, 0.717) is 13.1 Å². The van der Waals surface area contributed by atoms with Gasteiger partial charge in [0.15, 0.2) is 5.96 Å². The highest BCUT2D eigenvalue weighted by atomic mass is 127. The zero-order chi connectivity index (χ0) is 17.4. The van der Waals surface area contributed by atoms with Crippen molar-refractivity contribution in [3.05, 3.63) is 71.5 Å². The molecule has 0 saturated carbocycles. The van der Waals surface area contributed by atoms with Crippen molar-refractivity contribution in [3.63, 3.8) is 0 Å². The lowest BCUT2D eigenvalue weighted by Gasteiger charge is -2.22. The van der Waals surface area contributed by atoms with E-state index in [-0.39, 0.29) is 35.9 Å². The predicted molar refractivity (Wildman–Crippen MR) is 111 cm³/mol. The summed E-state index contributed by atoms with van der Waals surface area (Å²) in [5, 5.41) is 3.31. The average molecular weight is 457 g/mol. The van der Waals surface area contributed by atoms with E-state index in [2.05, 4.69) is 10.3 Å². The zero-order valence-corrected chi connectivity index (χ0v) is 17.1. The van der Waals surface area contributed by atoms with Crippen LogP contribution in [0, 0.1) is 5.82 Å². The fourth-order valence-corrected chi connectivity index (χ4v) is 2.30. The van der Waals surface area contributed by atoms with Crippen LogP contribution in [0.15, 0.2) is 59.6 Å². The molecule has 2 rings (SSSR count). The van der Waals surface area contributed by atoms with Crippen molar-refractivity contribution in [1.29, 1.82) is 0 Å². The molecule has 0 aliphatic carbocycles. The van der Waals surface area contributed by atoms with Gasteiger partial charge in [-0.25, -0.2) is 9.38 Å². The van der Waals surface area contributed by atoms with Crippen LogP contribution in [0.1, 0.15) is 17.2 Å². The Balaban J connectivity index is 0.00000312. The first-order valence-corrected chi connectivity index (χ1v) is 7.88. The van der Waals surface area contributed by atoms with E-state index < -0.39 is 0 Å². The van der Waals surface area contributed by atoms with Crippen molar-refractivity contribution in [2.24, 2.45) is 4.99 Å². The van der Waals surface area contributed by atoms with E-state index >= 15 is 0 Å². The molecule has 6 heteroatoms. The van der Waals surface area contributed by atoms with Crippen molar-refractivity contribution in [3.8, 4) is 0 Å². The number of guanidine groups is 1. The van der Waals surface area contributed by atoms with E-state index in [1.807, 2.05) is 49.3 Å².